The minimum Gasteiger partial charge on any atom is -0.354 e. The Balaban J connectivity index is 0.00000341. The van der Waals surface area contributed by atoms with Gasteiger partial charge in [-0.15, -0.1) is 24.0 Å². The van der Waals surface area contributed by atoms with Crippen molar-refractivity contribution in [2.75, 3.05) is 27.7 Å². The van der Waals surface area contributed by atoms with Gasteiger partial charge in [0, 0.05) is 25.8 Å². The van der Waals surface area contributed by atoms with Gasteiger partial charge in [-0.1, -0.05) is 48.5 Å². The normalized spacial score (nSPS) is 12.4. The lowest BCUT2D eigenvalue weighted by atomic mass is 10.1. The van der Waals surface area contributed by atoms with Crippen LogP contribution in [0.15, 0.2) is 65.7 Å². The topological polar surface area (TPSA) is 57.5 Å². The van der Waals surface area contributed by atoms with Crippen molar-refractivity contribution in [3.63, 3.8) is 0 Å². The molecule has 3 aromatic rings. The standard InChI is InChI=1S/C24H32N6.HI/c1-18-15-19(2)30(28-18)22-14-10-9-13-21(22)16-26-24(25-3)27-17-23(29(4)5)20-11-7-6-8-12-20;/h6-15,23H,16-17H2,1-5H3,(H2,25,26,27);1H. The summed E-state index contributed by atoms with van der Waals surface area (Å²) in [5, 5.41) is 11.6. The Kier molecular flexibility index (Phi) is 9.51. The van der Waals surface area contributed by atoms with E-state index in [1.807, 2.05) is 23.7 Å². The molecule has 0 saturated carbocycles. The molecule has 2 N–H and O–H groups in total. The predicted molar refractivity (Wildman–Crippen MR) is 140 cm³/mol. The summed E-state index contributed by atoms with van der Waals surface area (Å²) < 4.78 is 2.00. The number of guanidine groups is 1. The minimum absolute atomic E-state index is 0. The average Bonchev–Trinajstić information content (AvgIpc) is 3.09. The van der Waals surface area contributed by atoms with E-state index in [1.165, 1.54) is 11.1 Å². The van der Waals surface area contributed by atoms with E-state index in [0.29, 0.717) is 6.54 Å². The molecule has 1 heterocycles. The molecular weight excluding hydrogens is 499 g/mol. The Morgan fingerprint density at radius 2 is 1.71 bits per heavy atom. The number of nitrogens with zero attached hydrogens (tertiary/aromatic N) is 4. The van der Waals surface area contributed by atoms with Gasteiger partial charge in [-0.2, -0.15) is 5.10 Å². The van der Waals surface area contributed by atoms with E-state index in [-0.39, 0.29) is 30.0 Å². The molecule has 7 heteroatoms. The lowest BCUT2D eigenvalue weighted by Gasteiger charge is -2.26. The van der Waals surface area contributed by atoms with Gasteiger partial charge in [-0.3, -0.25) is 4.99 Å². The van der Waals surface area contributed by atoms with Crippen LogP contribution < -0.4 is 10.6 Å². The van der Waals surface area contributed by atoms with Crippen molar-refractivity contribution in [1.82, 2.24) is 25.3 Å². The van der Waals surface area contributed by atoms with Crippen molar-refractivity contribution in [3.8, 4) is 5.69 Å². The second-order valence-corrected chi connectivity index (χ2v) is 7.66. The number of aliphatic imine (C=N–C) groups is 1. The number of nitrogens with one attached hydrogen (secondary N) is 2. The van der Waals surface area contributed by atoms with Crippen LogP contribution in [-0.2, 0) is 6.54 Å². The molecule has 1 aromatic heterocycles. The molecule has 31 heavy (non-hydrogen) atoms. The van der Waals surface area contributed by atoms with Crippen LogP contribution in [-0.4, -0.2) is 48.3 Å². The van der Waals surface area contributed by atoms with Crippen LogP contribution in [0.25, 0.3) is 5.69 Å². The van der Waals surface area contributed by atoms with Crippen LogP contribution in [0.4, 0.5) is 0 Å². The number of aryl methyl sites for hydroxylation is 2. The van der Waals surface area contributed by atoms with Crippen LogP contribution in [0.3, 0.4) is 0 Å². The third-order valence-electron chi connectivity index (χ3n) is 5.17. The minimum atomic E-state index is 0. The Morgan fingerprint density at radius 1 is 1.03 bits per heavy atom. The van der Waals surface area contributed by atoms with Gasteiger partial charge in [-0.25, -0.2) is 4.68 Å². The molecule has 0 spiro atoms. The third-order valence-corrected chi connectivity index (χ3v) is 5.17. The lowest BCUT2D eigenvalue weighted by Crippen LogP contribution is -2.41. The zero-order valence-electron chi connectivity index (χ0n) is 19.0. The zero-order valence-corrected chi connectivity index (χ0v) is 21.3. The van der Waals surface area contributed by atoms with Gasteiger partial charge in [0.05, 0.1) is 17.4 Å². The summed E-state index contributed by atoms with van der Waals surface area (Å²) in [5.41, 5.74) is 5.67. The first-order valence-corrected chi connectivity index (χ1v) is 10.3. The molecule has 0 aliphatic heterocycles. The van der Waals surface area contributed by atoms with Crippen LogP contribution in [0.2, 0.25) is 0 Å². The molecule has 0 aliphatic carbocycles. The first kappa shape index (κ1) is 24.9. The summed E-state index contributed by atoms with van der Waals surface area (Å²) in [7, 11) is 6.00. The van der Waals surface area contributed by atoms with Crippen molar-refractivity contribution in [2.24, 2.45) is 4.99 Å². The molecule has 1 atom stereocenters. The fourth-order valence-corrected chi connectivity index (χ4v) is 3.61. The Morgan fingerprint density at radius 3 is 2.32 bits per heavy atom. The number of aromatic nitrogens is 2. The Hall–Kier alpha value is -2.39. The maximum absolute atomic E-state index is 4.64. The quantitative estimate of drug-likeness (QED) is 0.274. The molecule has 0 amide bonds. The highest BCUT2D eigenvalue weighted by molar-refractivity contribution is 14.0. The zero-order chi connectivity index (χ0) is 21.5. The molecular formula is C24H33IN6. The van der Waals surface area contributed by atoms with Gasteiger partial charge in [0.2, 0.25) is 0 Å². The van der Waals surface area contributed by atoms with Crippen molar-refractivity contribution in [3.05, 3.63) is 83.2 Å². The van der Waals surface area contributed by atoms with Gasteiger partial charge in [0.25, 0.3) is 0 Å². The number of likely N-dealkylation sites (N-methyl/N-ethyl adjacent to an activating group) is 1. The maximum atomic E-state index is 4.64. The first-order chi connectivity index (χ1) is 14.5. The van der Waals surface area contributed by atoms with Crippen molar-refractivity contribution >= 4 is 29.9 Å². The van der Waals surface area contributed by atoms with E-state index in [0.717, 1.165) is 29.6 Å². The van der Waals surface area contributed by atoms with Gasteiger partial charge >= 0.3 is 0 Å². The van der Waals surface area contributed by atoms with E-state index < -0.39 is 0 Å². The Bertz CT molecular complexity index is 981. The SMILES string of the molecule is CN=C(NCc1ccccc1-n1nc(C)cc1C)NCC(c1ccccc1)N(C)C.I. The lowest BCUT2D eigenvalue weighted by molar-refractivity contribution is 0.298. The predicted octanol–water partition coefficient (Wildman–Crippen LogP) is 4.08. The van der Waals surface area contributed by atoms with Crippen LogP contribution >= 0.6 is 24.0 Å². The maximum Gasteiger partial charge on any atom is 0.191 e. The average molecular weight is 532 g/mol. The van der Waals surface area contributed by atoms with E-state index >= 15 is 0 Å². The monoisotopic (exact) mass is 532 g/mol. The molecule has 0 aliphatic rings. The highest BCUT2D eigenvalue weighted by Crippen LogP contribution is 2.18. The van der Waals surface area contributed by atoms with Crippen molar-refractivity contribution < 1.29 is 0 Å². The number of benzene rings is 2. The molecule has 0 bridgehead atoms. The molecule has 6 nitrogen and oxygen atoms in total. The summed E-state index contributed by atoms with van der Waals surface area (Å²) in [6.45, 7) is 5.52. The molecule has 166 valence electrons. The fourth-order valence-electron chi connectivity index (χ4n) is 3.61. The molecule has 0 radical (unpaired) electrons. The molecule has 2 aromatic carbocycles. The Labute approximate surface area is 202 Å². The van der Waals surface area contributed by atoms with Gasteiger partial charge in [-0.05, 0) is 51.2 Å². The third kappa shape index (κ3) is 6.54. The number of para-hydroxylation sites is 1. The number of hydrogen-bond acceptors (Lipinski definition) is 3. The van der Waals surface area contributed by atoms with E-state index in [1.54, 1.807) is 7.05 Å². The summed E-state index contributed by atoms with van der Waals surface area (Å²) in [6.07, 6.45) is 0. The van der Waals surface area contributed by atoms with E-state index in [2.05, 4.69) is 95.2 Å². The van der Waals surface area contributed by atoms with Crippen LogP contribution in [0.5, 0.6) is 0 Å². The number of hydrogen-bond donors (Lipinski definition) is 2. The molecule has 1 unspecified atom stereocenters. The van der Waals surface area contributed by atoms with Crippen molar-refractivity contribution in [1.29, 1.82) is 0 Å². The number of halogens is 1. The summed E-state index contributed by atoms with van der Waals surface area (Å²) >= 11 is 0. The van der Waals surface area contributed by atoms with Crippen LogP contribution in [0, 0.1) is 13.8 Å². The summed E-state index contributed by atoms with van der Waals surface area (Å²) in [5.74, 6) is 0.779. The molecule has 0 saturated heterocycles. The highest BCUT2D eigenvalue weighted by atomic mass is 127. The van der Waals surface area contributed by atoms with E-state index in [4.69, 9.17) is 0 Å². The fraction of sp³-hybridized carbons (Fsp3) is 0.333. The van der Waals surface area contributed by atoms with Gasteiger partial charge in [0.1, 0.15) is 0 Å². The smallest absolute Gasteiger partial charge is 0.191 e. The number of rotatable bonds is 7. The highest BCUT2D eigenvalue weighted by Gasteiger charge is 2.15. The molecule has 0 fully saturated rings. The van der Waals surface area contributed by atoms with E-state index in [9.17, 15) is 0 Å². The second-order valence-electron chi connectivity index (χ2n) is 7.66. The van der Waals surface area contributed by atoms with Gasteiger partial charge in [0.15, 0.2) is 5.96 Å². The van der Waals surface area contributed by atoms with Crippen molar-refractivity contribution in [2.45, 2.75) is 26.4 Å². The van der Waals surface area contributed by atoms with Gasteiger partial charge < -0.3 is 15.5 Å². The summed E-state index contributed by atoms with van der Waals surface area (Å²) in [6, 6.07) is 21.2. The first-order valence-electron chi connectivity index (χ1n) is 10.3. The largest absolute Gasteiger partial charge is 0.354 e. The molecule has 3 rings (SSSR count). The summed E-state index contributed by atoms with van der Waals surface area (Å²) in [4.78, 5) is 6.62. The van der Waals surface area contributed by atoms with Crippen LogP contribution in [0.1, 0.15) is 28.6 Å². The second kappa shape index (κ2) is 11.9.